The van der Waals surface area contributed by atoms with Crippen molar-refractivity contribution in [3.63, 3.8) is 0 Å². The molecule has 0 unspecified atom stereocenters. The van der Waals surface area contributed by atoms with Crippen molar-refractivity contribution < 1.29 is 4.74 Å². The van der Waals surface area contributed by atoms with Gasteiger partial charge in [-0.1, -0.05) is 13.8 Å². The first kappa shape index (κ1) is 12.9. The van der Waals surface area contributed by atoms with Gasteiger partial charge in [-0.25, -0.2) is 9.97 Å². The van der Waals surface area contributed by atoms with Gasteiger partial charge >= 0.3 is 0 Å². The molecule has 4 heteroatoms. The van der Waals surface area contributed by atoms with E-state index in [4.69, 9.17) is 4.74 Å². The van der Waals surface area contributed by atoms with Crippen LogP contribution in [0, 0.1) is 0 Å². The summed E-state index contributed by atoms with van der Waals surface area (Å²) in [6.07, 6.45) is 2.13. The summed E-state index contributed by atoms with van der Waals surface area (Å²) in [5, 5.41) is 3.06. The maximum Gasteiger partial charge on any atom is 0.134 e. The Labute approximate surface area is 97.5 Å². The molecule has 0 amide bonds. The molecule has 1 rings (SSSR count). The van der Waals surface area contributed by atoms with Crippen LogP contribution >= 0.6 is 0 Å². The van der Waals surface area contributed by atoms with Crippen molar-refractivity contribution in [3.8, 4) is 0 Å². The smallest absolute Gasteiger partial charge is 0.134 e. The molecule has 1 N–H and O–H groups in total. The summed E-state index contributed by atoms with van der Waals surface area (Å²) in [7, 11) is 3.55. The van der Waals surface area contributed by atoms with E-state index in [1.54, 1.807) is 7.11 Å². The van der Waals surface area contributed by atoms with Gasteiger partial charge in [0, 0.05) is 26.1 Å². The van der Waals surface area contributed by atoms with Crippen LogP contribution in [0.15, 0.2) is 6.07 Å². The van der Waals surface area contributed by atoms with Crippen LogP contribution in [0.5, 0.6) is 0 Å². The number of methoxy groups -OCH3 is 1. The van der Waals surface area contributed by atoms with Gasteiger partial charge in [0.25, 0.3) is 0 Å². The molecule has 1 heterocycles. The maximum atomic E-state index is 5.11. The van der Waals surface area contributed by atoms with Crippen LogP contribution < -0.4 is 5.32 Å². The zero-order valence-electron chi connectivity index (χ0n) is 10.6. The Kier molecular flexibility index (Phi) is 5.19. The molecular formula is C12H21N3O. The second-order valence-electron chi connectivity index (χ2n) is 3.80. The molecule has 16 heavy (non-hydrogen) atoms. The highest BCUT2D eigenvalue weighted by Gasteiger charge is 2.12. The Morgan fingerprint density at radius 1 is 1.31 bits per heavy atom. The first-order valence-corrected chi connectivity index (χ1v) is 5.79. The molecule has 0 fully saturated rings. The quantitative estimate of drug-likeness (QED) is 0.805. The minimum Gasteiger partial charge on any atom is -0.378 e. The molecule has 4 nitrogen and oxygen atoms in total. The summed E-state index contributed by atoms with van der Waals surface area (Å²) in [4.78, 5) is 9.04. The second-order valence-corrected chi connectivity index (χ2v) is 3.80. The van der Waals surface area contributed by atoms with Crippen molar-refractivity contribution >= 4 is 5.82 Å². The van der Waals surface area contributed by atoms with Gasteiger partial charge in [0.05, 0.1) is 12.3 Å². The van der Waals surface area contributed by atoms with Crippen molar-refractivity contribution in [1.82, 2.24) is 9.97 Å². The van der Waals surface area contributed by atoms with Gasteiger partial charge in [0.2, 0.25) is 0 Å². The molecule has 0 aliphatic carbocycles. The molecule has 0 atom stereocenters. The van der Waals surface area contributed by atoms with E-state index in [0.717, 1.165) is 30.2 Å². The molecule has 0 saturated carbocycles. The number of nitrogens with one attached hydrogen (secondary N) is 1. The van der Waals surface area contributed by atoms with Gasteiger partial charge in [-0.05, 0) is 12.8 Å². The Bertz CT molecular complexity index is 324. The topological polar surface area (TPSA) is 47.0 Å². The Morgan fingerprint density at radius 2 is 2.00 bits per heavy atom. The van der Waals surface area contributed by atoms with Crippen molar-refractivity contribution in [3.05, 3.63) is 17.6 Å². The summed E-state index contributed by atoms with van der Waals surface area (Å²) in [6, 6.07) is 1.93. The summed E-state index contributed by atoms with van der Waals surface area (Å²) in [5.74, 6) is 2.22. The largest absolute Gasteiger partial charge is 0.378 e. The van der Waals surface area contributed by atoms with Gasteiger partial charge in [-0.3, -0.25) is 0 Å². The molecule has 0 aliphatic rings. The van der Waals surface area contributed by atoms with Crippen LogP contribution in [0.2, 0.25) is 0 Å². The van der Waals surface area contributed by atoms with E-state index >= 15 is 0 Å². The molecule has 0 aliphatic heterocycles. The lowest BCUT2D eigenvalue weighted by molar-refractivity contribution is 0.181. The third-order valence-electron chi connectivity index (χ3n) is 2.70. The van der Waals surface area contributed by atoms with E-state index in [1.165, 1.54) is 0 Å². The fraction of sp³-hybridized carbons (Fsp3) is 0.667. The molecule has 1 aromatic heterocycles. The highest BCUT2D eigenvalue weighted by atomic mass is 16.5. The number of nitrogens with zero attached hydrogens (tertiary/aromatic N) is 2. The molecule has 0 bridgehead atoms. The summed E-state index contributed by atoms with van der Waals surface area (Å²) < 4.78 is 5.11. The first-order chi connectivity index (χ1) is 7.74. The fourth-order valence-electron chi connectivity index (χ4n) is 1.70. The van der Waals surface area contributed by atoms with Crippen molar-refractivity contribution in [2.45, 2.75) is 39.2 Å². The number of ether oxygens (including phenoxy) is 1. The van der Waals surface area contributed by atoms with Crippen molar-refractivity contribution in [2.24, 2.45) is 0 Å². The number of aromatic nitrogens is 2. The molecule has 0 spiro atoms. The van der Waals surface area contributed by atoms with Crippen molar-refractivity contribution in [1.29, 1.82) is 0 Å². The Morgan fingerprint density at radius 3 is 2.50 bits per heavy atom. The number of rotatable bonds is 6. The Balaban J connectivity index is 3.02. The average Bonchev–Trinajstić information content (AvgIpc) is 2.31. The van der Waals surface area contributed by atoms with Crippen LogP contribution in [0.25, 0.3) is 0 Å². The van der Waals surface area contributed by atoms with E-state index < -0.39 is 0 Å². The maximum absolute atomic E-state index is 5.11. The average molecular weight is 223 g/mol. The SMILES string of the molecule is CCC(CC)c1nc(COC)cc(NC)n1. The molecule has 0 aromatic carbocycles. The van der Waals surface area contributed by atoms with Crippen LogP contribution in [-0.2, 0) is 11.3 Å². The van der Waals surface area contributed by atoms with Crippen LogP contribution in [-0.4, -0.2) is 24.1 Å². The van der Waals surface area contributed by atoms with Gasteiger partial charge in [-0.15, -0.1) is 0 Å². The predicted molar refractivity (Wildman–Crippen MR) is 65.6 cm³/mol. The van der Waals surface area contributed by atoms with Gasteiger partial charge < -0.3 is 10.1 Å². The highest BCUT2D eigenvalue weighted by molar-refractivity contribution is 5.35. The summed E-state index contributed by atoms with van der Waals surface area (Å²) >= 11 is 0. The lowest BCUT2D eigenvalue weighted by atomic mass is 10.0. The highest BCUT2D eigenvalue weighted by Crippen LogP contribution is 2.21. The summed E-state index contributed by atoms with van der Waals surface area (Å²) in [6.45, 7) is 4.86. The molecule has 0 saturated heterocycles. The zero-order chi connectivity index (χ0) is 12.0. The predicted octanol–water partition coefficient (Wildman–Crippen LogP) is 2.57. The van der Waals surface area contributed by atoms with Crippen LogP contribution in [0.3, 0.4) is 0 Å². The zero-order valence-corrected chi connectivity index (χ0v) is 10.6. The third-order valence-corrected chi connectivity index (χ3v) is 2.70. The minimum atomic E-state index is 0.434. The van der Waals surface area contributed by atoms with Crippen molar-refractivity contribution in [2.75, 3.05) is 19.5 Å². The number of anilines is 1. The second kappa shape index (κ2) is 6.43. The standard InChI is InChI=1S/C12H21N3O/c1-5-9(6-2)12-14-10(8-16-4)7-11(13-3)15-12/h7,9H,5-6,8H2,1-4H3,(H,13,14,15). The van der Waals surface area contributed by atoms with E-state index in [1.807, 2.05) is 13.1 Å². The summed E-state index contributed by atoms with van der Waals surface area (Å²) in [5.41, 5.74) is 0.934. The normalized spacial score (nSPS) is 10.8. The first-order valence-electron chi connectivity index (χ1n) is 5.79. The van der Waals surface area contributed by atoms with E-state index in [0.29, 0.717) is 12.5 Å². The van der Waals surface area contributed by atoms with Gasteiger partial charge in [0.1, 0.15) is 11.6 Å². The molecule has 1 aromatic rings. The van der Waals surface area contributed by atoms with Crippen LogP contribution in [0.4, 0.5) is 5.82 Å². The molecular weight excluding hydrogens is 202 g/mol. The van der Waals surface area contributed by atoms with E-state index in [9.17, 15) is 0 Å². The lowest BCUT2D eigenvalue weighted by Crippen LogP contribution is -2.08. The fourth-order valence-corrected chi connectivity index (χ4v) is 1.70. The number of hydrogen-bond acceptors (Lipinski definition) is 4. The Hall–Kier alpha value is -1.16. The molecule has 0 radical (unpaired) electrons. The minimum absolute atomic E-state index is 0.434. The van der Waals surface area contributed by atoms with Gasteiger partial charge in [-0.2, -0.15) is 0 Å². The molecule has 90 valence electrons. The third kappa shape index (κ3) is 3.17. The monoisotopic (exact) mass is 223 g/mol. The van der Waals surface area contributed by atoms with E-state index in [-0.39, 0.29) is 0 Å². The van der Waals surface area contributed by atoms with Gasteiger partial charge in [0.15, 0.2) is 0 Å². The number of hydrogen-bond donors (Lipinski definition) is 1. The van der Waals surface area contributed by atoms with Crippen LogP contribution in [0.1, 0.15) is 44.1 Å². The van der Waals surface area contributed by atoms with E-state index in [2.05, 4.69) is 29.1 Å². The lowest BCUT2D eigenvalue weighted by Gasteiger charge is -2.13.